The summed E-state index contributed by atoms with van der Waals surface area (Å²) in [6, 6.07) is 19.5. The quantitative estimate of drug-likeness (QED) is 0.522. The minimum atomic E-state index is -0.0800. The average Bonchev–Trinajstić information content (AvgIpc) is 3.23. The van der Waals surface area contributed by atoms with Crippen molar-refractivity contribution in [1.82, 2.24) is 4.90 Å². The van der Waals surface area contributed by atoms with Gasteiger partial charge in [-0.3, -0.25) is 9.69 Å². The molecule has 0 bridgehead atoms. The van der Waals surface area contributed by atoms with Gasteiger partial charge >= 0.3 is 0 Å². The second-order valence-electron chi connectivity index (χ2n) is 6.51. The Morgan fingerprint density at radius 1 is 1.00 bits per heavy atom. The summed E-state index contributed by atoms with van der Waals surface area (Å²) >= 11 is 1.69. The van der Waals surface area contributed by atoms with E-state index < -0.39 is 0 Å². The predicted molar refractivity (Wildman–Crippen MR) is 118 cm³/mol. The fraction of sp³-hybridized carbons (Fsp3) is 0.261. The van der Waals surface area contributed by atoms with Crippen molar-refractivity contribution in [2.45, 2.75) is 20.0 Å². The molecule has 152 valence electrons. The summed E-state index contributed by atoms with van der Waals surface area (Å²) in [6.45, 7) is 4.04. The Morgan fingerprint density at radius 2 is 1.76 bits per heavy atom. The van der Waals surface area contributed by atoms with E-state index in [-0.39, 0.29) is 12.5 Å². The molecule has 0 unspecified atom stereocenters. The fourth-order valence-electron chi connectivity index (χ4n) is 3.11. The summed E-state index contributed by atoms with van der Waals surface area (Å²) in [6.07, 6.45) is 0. The molecule has 2 aromatic carbocycles. The van der Waals surface area contributed by atoms with E-state index in [0.717, 1.165) is 11.3 Å². The number of benzene rings is 2. The summed E-state index contributed by atoms with van der Waals surface area (Å²) in [5, 5.41) is 5.04. The number of ether oxygens (including phenoxy) is 2. The number of carbonyl (C=O) groups excluding carboxylic acids is 1. The molecule has 1 amide bonds. The zero-order valence-corrected chi connectivity index (χ0v) is 17.6. The summed E-state index contributed by atoms with van der Waals surface area (Å²) < 4.78 is 11.1. The molecule has 29 heavy (non-hydrogen) atoms. The molecule has 0 fully saturated rings. The molecular formula is C23H26N2O3S. The first-order valence-electron chi connectivity index (χ1n) is 9.58. The van der Waals surface area contributed by atoms with Crippen LogP contribution < -0.4 is 14.8 Å². The molecule has 0 saturated carbocycles. The topological polar surface area (TPSA) is 50.8 Å². The number of thiophene rings is 1. The molecule has 1 N–H and O–H groups in total. The van der Waals surface area contributed by atoms with Gasteiger partial charge in [0.15, 0.2) is 0 Å². The normalized spacial score (nSPS) is 10.7. The van der Waals surface area contributed by atoms with Crippen molar-refractivity contribution >= 4 is 22.9 Å². The second-order valence-corrected chi connectivity index (χ2v) is 7.55. The average molecular weight is 411 g/mol. The fourth-order valence-corrected chi connectivity index (χ4v) is 3.86. The molecule has 0 atom stereocenters. The zero-order valence-electron chi connectivity index (χ0n) is 16.8. The standard InChI is InChI=1S/C23H26N2O3S/c1-3-28-22-13-7-5-11-20(22)24-23(26)17-25(16-19-10-8-14-29-19)15-18-9-4-6-12-21(18)27-2/h4-14H,3,15-17H2,1-2H3,(H,24,26). The highest BCUT2D eigenvalue weighted by Gasteiger charge is 2.16. The van der Waals surface area contributed by atoms with Gasteiger partial charge < -0.3 is 14.8 Å². The summed E-state index contributed by atoms with van der Waals surface area (Å²) in [5.41, 5.74) is 1.74. The molecule has 0 spiro atoms. The molecule has 1 aromatic heterocycles. The first-order valence-corrected chi connectivity index (χ1v) is 10.5. The third-order valence-electron chi connectivity index (χ3n) is 4.37. The van der Waals surface area contributed by atoms with E-state index in [1.54, 1.807) is 18.4 Å². The van der Waals surface area contributed by atoms with E-state index in [2.05, 4.69) is 21.7 Å². The largest absolute Gasteiger partial charge is 0.496 e. The van der Waals surface area contributed by atoms with Crippen molar-refractivity contribution in [3.8, 4) is 11.5 Å². The number of amides is 1. The van der Waals surface area contributed by atoms with Gasteiger partial charge in [0.05, 0.1) is 25.9 Å². The Labute approximate surface area is 175 Å². The van der Waals surface area contributed by atoms with Gasteiger partial charge in [0, 0.05) is 23.5 Å². The molecule has 0 radical (unpaired) electrons. The van der Waals surface area contributed by atoms with Crippen LogP contribution in [0.5, 0.6) is 11.5 Å². The van der Waals surface area contributed by atoms with Gasteiger partial charge in [0.2, 0.25) is 5.91 Å². The monoisotopic (exact) mass is 410 g/mol. The Morgan fingerprint density at radius 3 is 2.48 bits per heavy atom. The van der Waals surface area contributed by atoms with Gasteiger partial charge in [-0.15, -0.1) is 11.3 Å². The highest BCUT2D eigenvalue weighted by Crippen LogP contribution is 2.24. The second kappa shape index (κ2) is 10.6. The lowest BCUT2D eigenvalue weighted by molar-refractivity contribution is -0.117. The van der Waals surface area contributed by atoms with Crippen molar-refractivity contribution in [3.05, 3.63) is 76.5 Å². The van der Waals surface area contributed by atoms with E-state index >= 15 is 0 Å². The zero-order chi connectivity index (χ0) is 20.5. The highest BCUT2D eigenvalue weighted by atomic mass is 32.1. The van der Waals surface area contributed by atoms with Crippen LogP contribution in [0.15, 0.2) is 66.0 Å². The van der Waals surface area contributed by atoms with Crippen LogP contribution in [0.25, 0.3) is 0 Å². The lowest BCUT2D eigenvalue weighted by Gasteiger charge is -2.22. The van der Waals surface area contributed by atoms with E-state index in [4.69, 9.17) is 9.47 Å². The van der Waals surface area contributed by atoms with Crippen LogP contribution >= 0.6 is 11.3 Å². The van der Waals surface area contributed by atoms with Crippen LogP contribution in [0.3, 0.4) is 0 Å². The Hall–Kier alpha value is -2.83. The molecule has 0 saturated heterocycles. The maximum absolute atomic E-state index is 12.8. The van der Waals surface area contributed by atoms with Gasteiger partial charge in [-0.2, -0.15) is 0 Å². The van der Waals surface area contributed by atoms with Crippen molar-refractivity contribution in [3.63, 3.8) is 0 Å². The maximum atomic E-state index is 12.8. The Balaban J connectivity index is 1.73. The van der Waals surface area contributed by atoms with E-state index in [9.17, 15) is 4.79 Å². The first-order chi connectivity index (χ1) is 14.2. The van der Waals surface area contributed by atoms with Crippen molar-refractivity contribution in [2.24, 2.45) is 0 Å². The summed E-state index contributed by atoms with van der Waals surface area (Å²) in [7, 11) is 1.67. The Kier molecular flexibility index (Phi) is 7.67. The van der Waals surface area contributed by atoms with Gasteiger partial charge in [0.25, 0.3) is 0 Å². The smallest absolute Gasteiger partial charge is 0.238 e. The van der Waals surface area contributed by atoms with Crippen LogP contribution in [0.2, 0.25) is 0 Å². The third-order valence-corrected chi connectivity index (χ3v) is 5.24. The molecule has 6 heteroatoms. The van der Waals surface area contributed by atoms with E-state index in [1.807, 2.05) is 61.5 Å². The molecule has 3 aromatic rings. The molecule has 5 nitrogen and oxygen atoms in total. The number of hydrogen-bond acceptors (Lipinski definition) is 5. The van der Waals surface area contributed by atoms with Crippen LogP contribution in [-0.2, 0) is 17.9 Å². The maximum Gasteiger partial charge on any atom is 0.238 e. The van der Waals surface area contributed by atoms with Crippen LogP contribution in [0.1, 0.15) is 17.4 Å². The minimum absolute atomic E-state index is 0.0800. The van der Waals surface area contributed by atoms with Crippen molar-refractivity contribution < 1.29 is 14.3 Å². The molecule has 0 aliphatic carbocycles. The van der Waals surface area contributed by atoms with E-state index in [1.165, 1.54) is 4.88 Å². The number of carbonyl (C=O) groups is 1. The van der Waals surface area contributed by atoms with Gasteiger partial charge in [-0.1, -0.05) is 36.4 Å². The van der Waals surface area contributed by atoms with Crippen molar-refractivity contribution in [2.75, 3.05) is 25.6 Å². The molecule has 0 aliphatic rings. The third kappa shape index (κ3) is 6.07. The number of para-hydroxylation sites is 3. The molecule has 0 aliphatic heterocycles. The van der Waals surface area contributed by atoms with Gasteiger partial charge in [-0.05, 0) is 36.6 Å². The van der Waals surface area contributed by atoms with Gasteiger partial charge in [0.1, 0.15) is 11.5 Å². The lowest BCUT2D eigenvalue weighted by Crippen LogP contribution is -2.32. The van der Waals surface area contributed by atoms with E-state index in [0.29, 0.717) is 31.1 Å². The predicted octanol–water partition coefficient (Wildman–Crippen LogP) is 4.80. The number of hydrogen-bond donors (Lipinski definition) is 1. The highest BCUT2D eigenvalue weighted by molar-refractivity contribution is 7.09. The number of nitrogens with one attached hydrogen (secondary N) is 1. The molecule has 1 heterocycles. The summed E-state index contributed by atoms with van der Waals surface area (Å²) in [5.74, 6) is 1.42. The lowest BCUT2D eigenvalue weighted by atomic mass is 10.2. The van der Waals surface area contributed by atoms with Crippen LogP contribution in [-0.4, -0.2) is 31.1 Å². The number of rotatable bonds is 10. The molecular weight excluding hydrogens is 384 g/mol. The number of methoxy groups -OCH3 is 1. The number of anilines is 1. The minimum Gasteiger partial charge on any atom is -0.496 e. The Bertz CT molecular complexity index is 912. The van der Waals surface area contributed by atoms with Crippen LogP contribution in [0, 0.1) is 0 Å². The number of nitrogens with zero attached hydrogens (tertiary/aromatic N) is 1. The van der Waals surface area contributed by atoms with Crippen molar-refractivity contribution in [1.29, 1.82) is 0 Å². The summed E-state index contributed by atoms with van der Waals surface area (Å²) in [4.78, 5) is 16.1. The van der Waals surface area contributed by atoms with Gasteiger partial charge in [-0.25, -0.2) is 0 Å². The molecule has 3 rings (SSSR count). The van der Waals surface area contributed by atoms with Crippen LogP contribution in [0.4, 0.5) is 5.69 Å². The first kappa shape index (κ1) is 20.9. The SMILES string of the molecule is CCOc1ccccc1NC(=O)CN(Cc1cccs1)Cc1ccccc1OC.